The van der Waals surface area contributed by atoms with E-state index in [9.17, 15) is 87.9 Å². The maximum absolute atomic E-state index is 15.0. The largest absolute Gasteiger partial charge is 0.481 e. The number of benzene rings is 2. The number of aliphatic carboxylic acids is 3. The third-order valence-corrected chi connectivity index (χ3v) is 19.8. The number of para-hydroxylation sites is 2. The van der Waals surface area contributed by atoms with Crippen molar-refractivity contribution in [2.24, 2.45) is 23.7 Å². The second-order valence-electron chi connectivity index (χ2n) is 27.6. The fourth-order valence-corrected chi connectivity index (χ4v) is 13.9. The number of carboxylic acids is 3. The minimum atomic E-state index is -1.94. The SMILES string of the molecule is CC(C)C[C@@H]1NC(=O)[C@H](CCC(=O)O)NC(=O)CNC(=O)[C@H](CC(C)C)NC(O)[C@H](Cc2cnc[nH]2)NC(=O)[C@H](Cc2c[nH]c3ccccc23)NC(=O)[C@H](C)NC(=O)[C@@H](NC(=O)[C@@H](C)CC(=O)O)CSSC[C@@H](C(=O)N[C@H](C(=O)O)[C@@H](C)O)NC(=O)[C@H](Cc2c[nH]c3ccccc23)NC(=O)[C@H](C(C)C)NC1=O. The molecule has 14 atom stereocenters. The number of aliphatic hydroxyl groups is 2. The summed E-state index contributed by atoms with van der Waals surface area (Å²) < 4.78 is 0. The highest BCUT2D eigenvalue weighted by Gasteiger charge is 2.39. The lowest BCUT2D eigenvalue weighted by molar-refractivity contribution is -0.145. The monoisotopic (exact) mass is 1530 g/mol. The van der Waals surface area contributed by atoms with Gasteiger partial charge in [-0.25, -0.2) is 9.78 Å². The standard InChI is InChI=1S/C70H98N16O19S2/c1-33(2)20-47-61(95)74-29-54(88)77-46(18-19-55(89)90)62(96)80-48(21-34(3)4)66(100)85-57(35(5)6)69(103)82-50(24-40-27-73-45-17-13-11-15-43(40)45)64(98)84-53(68(102)86-58(38(9)87)70(104)105)31-107-106-30-52(83-59(93)36(7)22-56(91)92)67(101)76-37(8)60(94)78-49(23-39-26-72-44-16-12-10-14-42(39)44)63(97)81-51(65(99)79-47)25-41-28-71-32-75-41/h10-17,26-28,32-38,46-53,57-58,65,72-73,79,87,99H,18-25,29-31H2,1-9H3,(H,71,75)(H,74,95)(H,76,101)(H,77,88)(H,78,94)(H,80,96)(H,81,97)(H,82,103)(H,83,93)(H,84,98)(H,85,100)(H,86,102)(H,89,90)(H,91,92)(H,104,105)/t36-,37-,38+,46-,47-,48-,49-,50-,51-,52-,53-,57-,58-,65?/m0/s1. The van der Waals surface area contributed by atoms with Gasteiger partial charge >= 0.3 is 17.9 Å². The van der Waals surface area contributed by atoms with E-state index in [1.807, 2.05) is 0 Å². The number of aromatic nitrogens is 4. The zero-order valence-electron chi connectivity index (χ0n) is 60.7. The molecule has 0 radical (unpaired) electrons. The van der Waals surface area contributed by atoms with Gasteiger partial charge in [-0.15, -0.1) is 0 Å². The van der Waals surface area contributed by atoms with Crippen molar-refractivity contribution >= 4 is 126 Å². The molecule has 1 aliphatic rings. The van der Waals surface area contributed by atoms with Gasteiger partial charge in [0.05, 0.1) is 37.5 Å². The van der Waals surface area contributed by atoms with E-state index in [1.165, 1.54) is 26.4 Å². The van der Waals surface area contributed by atoms with Crippen LogP contribution in [0.25, 0.3) is 21.8 Å². The van der Waals surface area contributed by atoms with Crippen LogP contribution in [0.2, 0.25) is 0 Å². The Morgan fingerprint density at radius 3 is 1.69 bits per heavy atom. The molecule has 0 aliphatic carbocycles. The zero-order chi connectivity index (χ0) is 78.9. The van der Waals surface area contributed by atoms with Crippen molar-refractivity contribution in [2.75, 3.05) is 18.1 Å². The fourth-order valence-electron chi connectivity index (χ4n) is 11.6. The predicted molar refractivity (Wildman–Crippen MR) is 393 cm³/mol. The van der Waals surface area contributed by atoms with E-state index in [-0.39, 0.29) is 43.9 Å². The molecule has 0 saturated carbocycles. The highest BCUT2D eigenvalue weighted by molar-refractivity contribution is 8.76. The molecule has 107 heavy (non-hydrogen) atoms. The number of carbonyl (C=O) groups is 14. The molecule has 35 nitrogen and oxygen atoms in total. The number of nitrogens with one attached hydrogen (secondary N) is 15. The van der Waals surface area contributed by atoms with E-state index < -0.39 is 211 Å². The highest BCUT2D eigenvalue weighted by atomic mass is 33.1. The van der Waals surface area contributed by atoms with E-state index in [2.05, 4.69) is 83.7 Å². The van der Waals surface area contributed by atoms with Crippen molar-refractivity contribution in [1.82, 2.24) is 83.7 Å². The number of carboxylic acid groups (broad SMARTS) is 3. The molecule has 20 N–H and O–H groups in total. The molecule has 0 spiro atoms. The number of fused-ring (bicyclic) bond motifs is 2. The van der Waals surface area contributed by atoms with Crippen molar-refractivity contribution in [1.29, 1.82) is 0 Å². The Morgan fingerprint density at radius 1 is 0.589 bits per heavy atom. The normalized spacial score (nSPS) is 24.0. The topological polar surface area (TPSA) is 545 Å². The number of amides is 11. The Morgan fingerprint density at radius 2 is 1.14 bits per heavy atom. The molecule has 5 aromatic rings. The number of hydrogen-bond acceptors (Lipinski definition) is 20. The maximum Gasteiger partial charge on any atom is 0.328 e. The molecule has 11 amide bonds. The molecule has 3 aromatic heterocycles. The first kappa shape index (κ1) is 85.8. The summed E-state index contributed by atoms with van der Waals surface area (Å²) in [6, 6.07) is -3.15. The van der Waals surface area contributed by atoms with Crippen LogP contribution in [0.1, 0.15) is 111 Å². The van der Waals surface area contributed by atoms with Crippen LogP contribution in [0.4, 0.5) is 0 Å². The number of H-pyrrole nitrogens is 3. The van der Waals surface area contributed by atoms with Crippen molar-refractivity contribution in [3.63, 3.8) is 0 Å². The van der Waals surface area contributed by atoms with Gasteiger partial charge in [0.25, 0.3) is 0 Å². The second-order valence-corrected chi connectivity index (χ2v) is 30.2. The van der Waals surface area contributed by atoms with Gasteiger partial charge in [0.15, 0.2) is 6.04 Å². The number of nitrogens with zero attached hydrogens (tertiary/aromatic N) is 1. The van der Waals surface area contributed by atoms with E-state index in [0.29, 0.717) is 38.6 Å². The number of carbonyl (C=O) groups excluding carboxylic acids is 11. The number of hydrogen-bond donors (Lipinski definition) is 20. The minimum Gasteiger partial charge on any atom is -0.481 e. The average molecular weight is 1530 g/mol. The quantitative estimate of drug-likeness (QED) is 0.0379. The van der Waals surface area contributed by atoms with Crippen LogP contribution in [-0.4, -0.2) is 225 Å². The Bertz CT molecular complexity index is 3940. The van der Waals surface area contributed by atoms with Gasteiger partial charge in [-0.3, -0.25) is 67.6 Å². The maximum atomic E-state index is 15.0. The van der Waals surface area contributed by atoms with E-state index in [1.54, 1.807) is 102 Å². The fraction of sp³-hybridized carbons (Fsp3) is 0.529. The van der Waals surface area contributed by atoms with Crippen molar-refractivity contribution in [2.45, 2.75) is 192 Å². The first-order valence-corrected chi connectivity index (χ1v) is 37.5. The van der Waals surface area contributed by atoms with Gasteiger partial charge in [0.2, 0.25) is 65.0 Å². The molecule has 0 bridgehead atoms. The van der Waals surface area contributed by atoms with E-state index in [4.69, 9.17) is 0 Å². The van der Waals surface area contributed by atoms with E-state index >= 15 is 4.79 Å². The van der Waals surface area contributed by atoms with Crippen molar-refractivity contribution < 1.29 is 92.7 Å². The number of imidazole rings is 1. The molecule has 6 rings (SSSR count). The Labute approximate surface area is 624 Å². The molecular formula is C70H98N16O19S2. The summed E-state index contributed by atoms with van der Waals surface area (Å²) in [6.45, 7) is 13.0. The van der Waals surface area contributed by atoms with Gasteiger partial charge in [-0.1, -0.05) is 106 Å². The van der Waals surface area contributed by atoms with Gasteiger partial charge in [0.1, 0.15) is 54.6 Å². The lowest BCUT2D eigenvalue weighted by atomic mass is 9.98. The smallest absolute Gasteiger partial charge is 0.328 e. The lowest BCUT2D eigenvalue weighted by Gasteiger charge is -2.31. The number of aliphatic hydroxyl groups excluding tert-OH is 2. The first-order valence-electron chi connectivity index (χ1n) is 35.0. The lowest BCUT2D eigenvalue weighted by Crippen LogP contribution is -2.61. The van der Waals surface area contributed by atoms with Gasteiger partial charge < -0.3 is 99.0 Å². The van der Waals surface area contributed by atoms with Crippen molar-refractivity contribution in [3.05, 3.63) is 90.3 Å². The van der Waals surface area contributed by atoms with Crippen LogP contribution in [0.3, 0.4) is 0 Å². The van der Waals surface area contributed by atoms with Crippen LogP contribution < -0.4 is 63.8 Å². The Kier molecular flexibility index (Phi) is 33.0. The van der Waals surface area contributed by atoms with Crippen LogP contribution in [0.15, 0.2) is 73.4 Å². The minimum absolute atomic E-state index is 0.0198. The summed E-state index contributed by atoms with van der Waals surface area (Å²) in [5.74, 6) is -18.5. The molecule has 2 aromatic carbocycles. The molecule has 1 saturated heterocycles. The van der Waals surface area contributed by atoms with Gasteiger partial charge in [0, 0.05) is 89.2 Å². The molecule has 4 heterocycles. The number of rotatable bonds is 22. The Hall–Kier alpha value is -10.1. The molecule has 1 unspecified atom stereocenters. The predicted octanol–water partition coefficient (Wildman–Crippen LogP) is -0.755. The van der Waals surface area contributed by atoms with Crippen LogP contribution in [-0.2, 0) is 86.4 Å². The second kappa shape index (κ2) is 41.1. The molecule has 37 heteroatoms. The Balaban J connectivity index is 1.44. The summed E-state index contributed by atoms with van der Waals surface area (Å²) in [6.07, 6.45) is -0.114. The zero-order valence-corrected chi connectivity index (χ0v) is 62.4. The summed E-state index contributed by atoms with van der Waals surface area (Å²) in [5, 5.41) is 84.4. The summed E-state index contributed by atoms with van der Waals surface area (Å²) >= 11 is 0. The summed E-state index contributed by atoms with van der Waals surface area (Å²) in [5.41, 5.74) is 2.70. The van der Waals surface area contributed by atoms with E-state index in [0.717, 1.165) is 28.5 Å². The van der Waals surface area contributed by atoms with Crippen LogP contribution >= 0.6 is 21.6 Å². The summed E-state index contributed by atoms with van der Waals surface area (Å²) in [4.78, 5) is 208. The number of aromatic amines is 3. The average Bonchev–Trinajstić information content (AvgIpc) is 1.72. The molecule has 584 valence electrons. The van der Waals surface area contributed by atoms with Crippen LogP contribution in [0.5, 0.6) is 0 Å². The summed E-state index contributed by atoms with van der Waals surface area (Å²) in [7, 11) is 1.63. The molecular weight excluding hydrogens is 1430 g/mol. The highest BCUT2D eigenvalue weighted by Crippen LogP contribution is 2.26. The third-order valence-electron chi connectivity index (χ3n) is 17.4. The molecule has 1 fully saturated rings. The first-order chi connectivity index (χ1) is 50.6. The van der Waals surface area contributed by atoms with Crippen LogP contribution in [0, 0.1) is 23.7 Å². The van der Waals surface area contributed by atoms with Gasteiger partial charge in [-0.05, 0) is 74.1 Å². The molecule has 1 aliphatic heterocycles. The van der Waals surface area contributed by atoms with Crippen molar-refractivity contribution in [3.8, 4) is 0 Å². The third kappa shape index (κ3) is 26.7. The van der Waals surface area contributed by atoms with Gasteiger partial charge in [-0.2, -0.15) is 0 Å².